The Morgan fingerprint density at radius 1 is 1.22 bits per heavy atom. The molecule has 0 radical (unpaired) electrons. The molecule has 0 saturated heterocycles. The Balaban J connectivity index is 1.83. The van der Waals surface area contributed by atoms with Crippen LogP contribution in [0.2, 0.25) is 0 Å². The Labute approximate surface area is 109 Å². The van der Waals surface area contributed by atoms with Crippen LogP contribution in [0.1, 0.15) is 31.2 Å². The summed E-state index contributed by atoms with van der Waals surface area (Å²) in [4.78, 5) is 13.5. The number of hydrogen-bond acceptors (Lipinski definition) is 2. The van der Waals surface area contributed by atoms with Gasteiger partial charge in [0.15, 0.2) is 0 Å². The van der Waals surface area contributed by atoms with E-state index in [4.69, 9.17) is 0 Å². The molecule has 2 heteroatoms. The van der Waals surface area contributed by atoms with Crippen molar-refractivity contribution >= 4 is 5.78 Å². The number of benzene rings is 1. The van der Waals surface area contributed by atoms with Crippen molar-refractivity contribution in [1.29, 1.82) is 0 Å². The highest BCUT2D eigenvalue weighted by molar-refractivity contribution is 5.79. The number of hydrogen-bond donors (Lipinski definition) is 0. The number of nitrogens with zero attached hydrogens (tertiary/aromatic N) is 1. The summed E-state index contributed by atoms with van der Waals surface area (Å²) in [5.74, 6) is 6.78. The summed E-state index contributed by atoms with van der Waals surface area (Å²) in [5, 5.41) is 0. The first-order valence-corrected chi connectivity index (χ1v) is 6.51. The Bertz CT molecular complexity index is 445. The van der Waals surface area contributed by atoms with E-state index in [1.54, 1.807) is 0 Å². The van der Waals surface area contributed by atoms with Gasteiger partial charge in [0.25, 0.3) is 0 Å². The molecular formula is C16H19NO. The Hall–Kier alpha value is -1.59. The van der Waals surface area contributed by atoms with E-state index in [1.165, 1.54) is 0 Å². The fourth-order valence-electron chi connectivity index (χ4n) is 2.28. The average molecular weight is 241 g/mol. The number of carbonyl (C=O) groups is 1. The highest BCUT2D eigenvalue weighted by Gasteiger charge is 2.21. The van der Waals surface area contributed by atoms with Crippen LogP contribution in [0.15, 0.2) is 30.3 Å². The predicted molar refractivity (Wildman–Crippen MR) is 73.2 cm³/mol. The van der Waals surface area contributed by atoms with Crippen LogP contribution < -0.4 is 0 Å². The first-order valence-electron chi connectivity index (χ1n) is 6.51. The fraction of sp³-hybridized carbons (Fsp3) is 0.438. The van der Waals surface area contributed by atoms with E-state index in [-0.39, 0.29) is 0 Å². The SMILES string of the molecule is CN(CC#Cc1ccccc1)C1CCC(=O)CC1. The second-order valence-corrected chi connectivity index (χ2v) is 4.85. The zero-order valence-electron chi connectivity index (χ0n) is 10.9. The minimum atomic E-state index is 0.412. The van der Waals surface area contributed by atoms with Gasteiger partial charge in [-0.1, -0.05) is 30.0 Å². The number of rotatable bonds is 2. The topological polar surface area (TPSA) is 20.3 Å². The number of Topliss-reactive ketones (excluding diaryl/α,β-unsaturated/α-hetero) is 1. The van der Waals surface area contributed by atoms with Gasteiger partial charge in [-0.3, -0.25) is 9.69 Å². The second kappa shape index (κ2) is 6.37. The Morgan fingerprint density at radius 2 is 1.89 bits per heavy atom. The summed E-state index contributed by atoms with van der Waals surface area (Å²) in [6.45, 7) is 0.772. The third-order valence-corrected chi connectivity index (χ3v) is 3.47. The van der Waals surface area contributed by atoms with Crippen molar-refractivity contribution in [3.8, 4) is 11.8 Å². The van der Waals surface area contributed by atoms with Crippen molar-refractivity contribution in [3.63, 3.8) is 0 Å². The molecule has 1 aromatic rings. The monoisotopic (exact) mass is 241 g/mol. The molecule has 18 heavy (non-hydrogen) atoms. The minimum Gasteiger partial charge on any atom is -0.300 e. The second-order valence-electron chi connectivity index (χ2n) is 4.85. The van der Waals surface area contributed by atoms with Gasteiger partial charge in [-0.05, 0) is 32.0 Å². The van der Waals surface area contributed by atoms with Crippen molar-refractivity contribution in [3.05, 3.63) is 35.9 Å². The van der Waals surface area contributed by atoms with Crippen LogP contribution in [0.5, 0.6) is 0 Å². The maximum absolute atomic E-state index is 11.2. The highest BCUT2D eigenvalue weighted by Crippen LogP contribution is 2.18. The first kappa shape index (κ1) is 12.9. The summed E-state index contributed by atoms with van der Waals surface area (Å²) in [7, 11) is 2.10. The Morgan fingerprint density at radius 3 is 2.56 bits per heavy atom. The number of carbonyl (C=O) groups excluding carboxylic acids is 1. The summed E-state index contributed by atoms with van der Waals surface area (Å²) in [5.41, 5.74) is 1.06. The lowest BCUT2D eigenvalue weighted by Gasteiger charge is -2.29. The van der Waals surface area contributed by atoms with E-state index in [0.29, 0.717) is 11.8 Å². The van der Waals surface area contributed by atoms with Gasteiger partial charge in [-0.2, -0.15) is 0 Å². The molecular weight excluding hydrogens is 222 g/mol. The van der Waals surface area contributed by atoms with Gasteiger partial charge in [-0.15, -0.1) is 0 Å². The van der Waals surface area contributed by atoms with Crippen LogP contribution in [0.3, 0.4) is 0 Å². The molecule has 1 aliphatic carbocycles. The lowest BCUT2D eigenvalue weighted by molar-refractivity contribution is -0.121. The molecule has 2 rings (SSSR count). The molecule has 1 saturated carbocycles. The van der Waals surface area contributed by atoms with Crippen LogP contribution in [0.25, 0.3) is 0 Å². The van der Waals surface area contributed by atoms with Crippen LogP contribution in [-0.2, 0) is 4.79 Å². The zero-order valence-corrected chi connectivity index (χ0v) is 10.9. The largest absolute Gasteiger partial charge is 0.300 e. The molecule has 0 atom stereocenters. The molecule has 0 aliphatic heterocycles. The van der Waals surface area contributed by atoms with Crippen LogP contribution in [0, 0.1) is 11.8 Å². The smallest absolute Gasteiger partial charge is 0.133 e. The number of ketones is 1. The first-order chi connectivity index (χ1) is 8.75. The third kappa shape index (κ3) is 3.72. The van der Waals surface area contributed by atoms with Gasteiger partial charge in [0.05, 0.1) is 6.54 Å². The van der Waals surface area contributed by atoms with Crippen molar-refractivity contribution < 1.29 is 4.79 Å². The molecule has 0 unspecified atom stereocenters. The van der Waals surface area contributed by atoms with Crippen molar-refractivity contribution in [2.75, 3.05) is 13.6 Å². The van der Waals surface area contributed by atoms with E-state index in [9.17, 15) is 4.79 Å². The zero-order chi connectivity index (χ0) is 12.8. The molecule has 1 aromatic carbocycles. The van der Waals surface area contributed by atoms with E-state index in [2.05, 4.69) is 23.8 Å². The average Bonchev–Trinajstić information content (AvgIpc) is 2.40. The fourth-order valence-corrected chi connectivity index (χ4v) is 2.28. The van der Waals surface area contributed by atoms with Gasteiger partial charge in [0.2, 0.25) is 0 Å². The molecule has 0 amide bonds. The Kier molecular flexibility index (Phi) is 4.55. The van der Waals surface area contributed by atoms with Crippen molar-refractivity contribution in [1.82, 2.24) is 4.90 Å². The quantitative estimate of drug-likeness (QED) is 0.741. The molecule has 0 N–H and O–H groups in total. The predicted octanol–water partition coefficient (Wildman–Crippen LogP) is 2.48. The van der Waals surface area contributed by atoms with Gasteiger partial charge in [0, 0.05) is 24.4 Å². The van der Waals surface area contributed by atoms with E-state index < -0.39 is 0 Å². The molecule has 0 spiro atoms. The molecule has 1 fully saturated rings. The lowest BCUT2D eigenvalue weighted by Crippen LogP contribution is -2.35. The molecule has 1 aliphatic rings. The van der Waals surface area contributed by atoms with E-state index in [0.717, 1.165) is 37.8 Å². The van der Waals surface area contributed by atoms with Crippen LogP contribution in [0.4, 0.5) is 0 Å². The van der Waals surface area contributed by atoms with Crippen LogP contribution in [-0.4, -0.2) is 30.3 Å². The normalized spacial score (nSPS) is 16.4. The van der Waals surface area contributed by atoms with E-state index in [1.807, 2.05) is 30.3 Å². The molecule has 2 nitrogen and oxygen atoms in total. The summed E-state index contributed by atoms with van der Waals surface area (Å²) in [6, 6.07) is 10.6. The van der Waals surface area contributed by atoms with Gasteiger partial charge in [-0.25, -0.2) is 0 Å². The summed E-state index contributed by atoms with van der Waals surface area (Å²) < 4.78 is 0. The maximum atomic E-state index is 11.2. The molecule has 94 valence electrons. The standard InChI is InChI=1S/C16H19NO/c1-17(15-9-11-16(18)12-10-15)13-5-8-14-6-3-2-4-7-14/h2-4,6-7,15H,9-13H2,1H3. The van der Waals surface area contributed by atoms with Crippen molar-refractivity contribution in [2.24, 2.45) is 0 Å². The maximum Gasteiger partial charge on any atom is 0.133 e. The van der Waals surface area contributed by atoms with E-state index >= 15 is 0 Å². The minimum absolute atomic E-state index is 0.412. The third-order valence-electron chi connectivity index (χ3n) is 3.47. The lowest BCUT2D eigenvalue weighted by atomic mass is 9.93. The van der Waals surface area contributed by atoms with Gasteiger partial charge >= 0.3 is 0 Å². The summed E-state index contributed by atoms with van der Waals surface area (Å²) in [6.07, 6.45) is 3.45. The van der Waals surface area contributed by atoms with Gasteiger partial charge in [0.1, 0.15) is 5.78 Å². The highest BCUT2D eigenvalue weighted by atomic mass is 16.1. The van der Waals surface area contributed by atoms with Crippen molar-refractivity contribution in [2.45, 2.75) is 31.7 Å². The molecule has 0 heterocycles. The molecule has 0 bridgehead atoms. The molecule has 0 aromatic heterocycles. The van der Waals surface area contributed by atoms with Crippen LogP contribution >= 0.6 is 0 Å². The summed E-state index contributed by atoms with van der Waals surface area (Å²) >= 11 is 0. The van der Waals surface area contributed by atoms with Gasteiger partial charge < -0.3 is 0 Å².